The van der Waals surface area contributed by atoms with Crippen molar-refractivity contribution in [2.75, 3.05) is 0 Å². The molecule has 8 heteroatoms. The molecule has 0 atom stereocenters. The Morgan fingerprint density at radius 1 is 1.21 bits per heavy atom. The summed E-state index contributed by atoms with van der Waals surface area (Å²) in [6.45, 7) is 0. The second-order valence-electron chi connectivity index (χ2n) is 4.80. The number of phenolic OH excluding ortho intramolecular Hbond substituents is 1. The molecule has 0 saturated heterocycles. The van der Waals surface area contributed by atoms with Crippen LogP contribution in [0.25, 0.3) is 22.6 Å². The van der Waals surface area contributed by atoms with E-state index < -0.39 is 4.92 Å². The molecule has 3 aromatic rings. The highest BCUT2D eigenvalue weighted by molar-refractivity contribution is 6.50. The average molecular weight is 344 g/mol. The number of phenols is 1. The number of aromatic nitrogens is 2. The van der Waals surface area contributed by atoms with Gasteiger partial charge in [-0.2, -0.15) is 0 Å². The van der Waals surface area contributed by atoms with Crippen LogP contribution in [0, 0.1) is 10.1 Å². The van der Waals surface area contributed by atoms with E-state index in [1.807, 2.05) is 0 Å². The highest BCUT2D eigenvalue weighted by atomic mass is 35.5. The minimum Gasteiger partial charge on any atom is -0.508 e. The Kier molecular flexibility index (Phi) is 4.26. The molecule has 1 heterocycles. The SMILES string of the molecule is O=[N+]([O-])c1cccc(-c2nnc(/C(Cl)=C/c3ccc(O)cc3)o2)c1. The molecule has 1 aromatic heterocycles. The third kappa shape index (κ3) is 3.41. The molecule has 0 radical (unpaired) electrons. The highest BCUT2D eigenvalue weighted by Gasteiger charge is 2.14. The van der Waals surface area contributed by atoms with E-state index in [4.69, 9.17) is 16.0 Å². The van der Waals surface area contributed by atoms with Crippen LogP contribution in [-0.4, -0.2) is 20.2 Å². The van der Waals surface area contributed by atoms with Crippen molar-refractivity contribution in [1.82, 2.24) is 10.2 Å². The van der Waals surface area contributed by atoms with Crippen LogP contribution >= 0.6 is 11.6 Å². The van der Waals surface area contributed by atoms with Gasteiger partial charge in [0.2, 0.25) is 5.89 Å². The first kappa shape index (κ1) is 15.7. The van der Waals surface area contributed by atoms with Gasteiger partial charge in [0.25, 0.3) is 11.6 Å². The van der Waals surface area contributed by atoms with E-state index in [0.29, 0.717) is 5.56 Å². The molecule has 0 fully saturated rings. The first-order valence-corrected chi connectivity index (χ1v) is 7.15. The zero-order valence-corrected chi connectivity index (χ0v) is 12.8. The van der Waals surface area contributed by atoms with E-state index in [1.165, 1.54) is 30.3 Å². The first-order valence-electron chi connectivity index (χ1n) is 6.78. The van der Waals surface area contributed by atoms with Crippen LogP contribution in [0.3, 0.4) is 0 Å². The molecular weight excluding hydrogens is 334 g/mol. The van der Waals surface area contributed by atoms with E-state index in [0.717, 1.165) is 5.56 Å². The summed E-state index contributed by atoms with van der Waals surface area (Å²) in [6, 6.07) is 12.3. The summed E-state index contributed by atoms with van der Waals surface area (Å²) in [4.78, 5) is 10.3. The molecule has 3 rings (SSSR count). The fourth-order valence-corrected chi connectivity index (χ4v) is 2.17. The summed E-state index contributed by atoms with van der Waals surface area (Å²) < 4.78 is 5.47. The van der Waals surface area contributed by atoms with Gasteiger partial charge in [0.05, 0.1) is 4.92 Å². The normalized spacial score (nSPS) is 11.5. The maximum atomic E-state index is 10.8. The van der Waals surface area contributed by atoms with Crippen molar-refractivity contribution in [3.63, 3.8) is 0 Å². The molecule has 1 N–H and O–H groups in total. The van der Waals surface area contributed by atoms with Gasteiger partial charge in [-0.05, 0) is 29.8 Å². The Morgan fingerprint density at radius 3 is 2.67 bits per heavy atom. The first-order chi connectivity index (χ1) is 11.5. The second-order valence-corrected chi connectivity index (χ2v) is 5.21. The molecule has 0 saturated carbocycles. The van der Waals surface area contributed by atoms with Crippen LogP contribution in [0.5, 0.6) is 5.75 Å². The summed E-state index contributed by atoms with van der Waals surface area (Å²) >= 11 is 6.16. The Bertz CT molecular complexity index is 919. The number of hydrogen-bond acceptors (Lipinski definition) is 6. The van der Waals surface area contributed by atoms with Gasteiger partial charge in [-0.3, -0.25) is 10.1 Å². The van der Waals surface area contributed by atoms with Crippen molar-refractivity contribution in [3.8, 4) is 17.2 Å². The number of rotatable bonds is 4. The lowest BCUT2D eigenvalue weighted by molar-refractivity contribution is -0.384. The van der Waals surface area contributed by atoms with Gasteiger partial charge in [0.1, 0.15) is 10.8 Å². The highest BCUT2D eigenvalue weighted by Crippen LogP contribution is 2.27. The maximum Gasteiger partial charge on any atom is 0.270 e. The second kappa shape index (κ2) is 6.51. The molecule has 0 bridgehead atoms. The van der Waals surface area contributed by atoms with Crippen molar-refractivity contribution >= 4 is 28.4 Å². The number of nitro benzene ring substituents is 1. The Labute approximate surface area is 141 Å². The van der Waals surface area contributed by atoms with Gasteiger partial charge >= 0.3 is 0 Å². The van der Waals surface area contributed by atoms with E-state index in [1.54, 1.807) is 24.3 Å². The quantitative estimate of drug-likeness (QED) is 0.565. The lowest BCUT2D eigenvalue weighted by Crippen LogP contribution is -1.88. The zero-order chi connectivity index (χ0) is 17.1. The Balaban J connectivity index is 1.88. The predicted molar refractivity (Wildman–Crippen MR) is 88.2 cm³/mol. The summed E-state index contributed by atoms with van der Waals surface area (Å²) in [6.07, 6.45) is 1.60. The summed E-state index contributed by atoms with van der Waals surface area (Å²) in [5.41, 5.74) is 1.10. The van der Waals surface area contributed by atoms with Crippen LogP contribution < -0.4 is 0 Å². The van der Waals surface area contributed by atoms with Gasteiger partial charge in [0, 0.05) is 17.7 Å². The fraction of sp³-hybridized carbons (Fsp3) is 0. The number of benzene rings is 2. The van der Waals surface area contributed by atoms with E-state index in [-0.39, 0.29) is 28.3 Å². The molecule has 0 aliphatic heterocycles. The molecule has 2 aromatic carbocycles. The van der Waals surface area contributed by atoms with Crippen molar-refractivity contribution in [3.05, 3.63) is 70.1 Å². The van der Waals surface area contributed by atoms with Gasteiger partial charge in [0.15, 0.2) is 0 Å². The summed E-state index contributed by atoms with van der Waals surface area (Å²) in [5.74, 6) is 0.367. The molecule has 0 aliphatic rings. The third-order valence-corrected chi connectivity index (χ3v) is 3.39. The van der Waals surface area contributed by atoms with Crippen LogP contribution in [0.4, 0.5) is 5.69 Å². The number of nitrogens with zero attached hydrogens (tertiary/aromatic N) is 3. The zero-order valence-electron chi connectivity index (χ0n) is 12.1. The monoisotopic (exact) mass is 343 g/mol. The Hall–Kier alpha value is -3.19. The molecule has 120 valence electrons. The topological polar surface area (TPSA) is 102 Å². The molecule has 0 unspecified atom stereocenters. The standard InChI is InChI=1S/C16H10ClN3O4/c17-14(8-10-4-6-13(21)7-5-10)16-19-18-15(24-16)11-2-1-3-12(9-11)20(22)23/h1-9,21H/b14-8-. The largest absolute Gasteiger partial charge is 0.508 e. The summed E-state index contributed by atoms with van der Waals surface area (Å²) in [5, 5.41) is 28.0. The van der Waals surface area contributed by atoms with Crippen molar-refractivity contribution < 1.29 is 14.4 Å². The minimum atomic E-state index is -0.502. The molecule has 24 heavy (non-hydrogen) atoms. The molecular formula is C16H10ClN3O4. The van der Waals surface area contributed by atoms with Gasteiger partial charge in [-0.15, -0.1) is 10.2 Å². The molecule has 0 spiro atoms. The van der Waals surface area contributed by atoms with E-state index in [2.05, 4.69) is 10.2 Å². The molecule has 7 nitrogen and oxygen atoms in total. The fourth-order valence-electron chi connectivity index (χ4n) is 1.97. The van der Waals surface area contributed by atoms with Crippen LogP contribution in [0.15, 0.2) is 52.9 Å². The van der Waals surface area contributed by atoms with E-state index >= 15 is 0 Å². The van der Waals surface area contributed by atoms with Crippen LogP contribution in [0.1, 0.15) is 11.5 Å². The van der Waals surface area contributed by atoms with Crippen molar-refractivity contribution in [2.45, 2.75) is 0 Å². The van der Waals surface area contributed by atoms with Gasteiger partial charge in [-0.1, -0.05) is 29.8 Å². The van der Waals surface area contributed by atoms with Crippen molar-refractivity contribution in [1.29, 1.82) is 0 Å². The Morgan fingerprint density at radius 2 is 1.96 bits per heavy atom. The van der Waals surface area contributed by atoms with Gasteiger partial charge in [-0.25, -0.2) is 0 Å². The van der Waals surface area contributed by atoms with Crippen LogP contribution in [-0.2, 0) is 0 Å². The van der Waals surface area contributed by atoms with E-state index in [9.17, 15) is 15.2 Å². The van der Waals surface area contributed by atoms with Crippen molar-refractivity contribution in [2.24, 2.45) is 0 Å². The number of aromatic hydroxyl groups is 1. The van der Waals surface area contributed by atoms with Crippen LogP contribution in [0.2, 0.25) is 0 Å². The number of hydrogen-bond donors (Lipinski definition) is 1. The third-order valence-electron chi connectivity index (χ3n) is 3.12. The number of halogens is 1. The van der Waals surface area contributed by atoms with Gasteiger partial charge < -0.3 is 9.52 Å². The maximum absolute atomic E-state index is 10.8. The summed E-state index contributed by atoms with van der Waals surface area (Å²) in [7, 11) is 0. The lowest BCUT2D eigenvalue weighted by atomic mass is 10.2. The number of nitro groups is 1. The smallest absolute Gasteiger partial charge is 0.270 e. The number of non-ortho nitro benzene ring substituents is 1. The minimum absolute atomic E-state index is 0.0713. The molecule has 0 aliphatic carbocycles. The lowest BCUT2D eigenvalue weighted by Gasteiger charge is -1.96. The predicted octanol–water partition coefficient (Wildman–Crippen LogP) is 4.09. The average Bonchev–Trinajstić information content (AvgIpc) is 3.07. The molecule has 0 amide bonds.